The summed E-state index contributed by atoms with van der Waals surface area (Å²) < 4.78 is 37.3. The van der Waals surface area contributed by atoms with Gasteiger partial charge in [0.2, 0.25) is 0 Å². The number of methoxy groups -OCH3 is 1. The number of nitrogens with zero attached hydrogens (tertiary/aromatic N) is 1. The molecule has 6 nitrogen and oxygen atoms in total. The Morgan fingerprint density at radius 1 is 1.08 bits per heavy atom. The average Bonchev–Trinajstić information content (AvgIpc) is 2.66. The summed E-state index contributed by atoms with van der Waals surface area (Å²) in [6.07, 6.45) is 1.91. The van der Waals surface area contributed by atoms with Crippen LogP contribution in [0.3, 0.4) is 0 Å². The molecule has 0 spiro atoms. The second-order valence-electron chi connectivity index (χ2n) is 5.19. The summed E-state index contributed by atoms with van der Waals surface area (Å²) >= 11 is 1.52. The molecule has 0 saturated carbocycles. The molecule has 140 valence electrons. The zero-order valence-corrected chi connectivity index (χ0v) is 16.5. The third kappa shape index (κ3) is 4.70. The summed E-state index contributed by atoms with van der Waals surface area (Å²) in [6, 6.07) is 13.0. The second kappa shape index (κ2) is 8.95. The van der Waals surface area contributed by atoms with Gasteiger partial charge in [-0.1, -0.05) is 0 Å². The average molecular weight is 396 g/mol. The second-order valence-corrected chi connectivity index (χ2v) is 7.93. The van der Waals surface area contributed by atoms with Crippen molar-refractivity contribution in [2.45, 2.75) is 16.7 Å². The molecule has 0 saturated heterocycles. The molecule has 0 aliphatic rings. The fourth-order valence-corrected chi connectivity index (χ4v) is 4.08. The van der Waals surface area contributed by atoms with Gasteiger partial charge in [0.05, 0.1) is 24.3 Å². The summed E-state index contributed by atoms with van der Waals surface area (Å²) in [6.45, 7) is 1.44. The van der Waals surface area contributed by atoms with Crippen LogP contribution in [0.1, 0.15) is 6.92 Å². The molecule has 0 heterocycles. The van der Waals surface area contributed by atoms with Gasteiger partial charge >= 0.3 is 5.97 Å². The highest BCUT2D eigenvalue weighted by Gasteiger charge is 2.27. The van der Waals surface area contributed by atoms with E-state index in [2.05, 4.69) is 0 Å². The standard InChI is InChI=1S/C18H21NO5S2/c1-4-24-18(20)13-19(14-5-7-15(23-2)8-6-14)26(21,22)17-11-9-16(25-3)10-12-17/h5-12H,4,13H2,1-3H3. The van der Waals surface area contributed by atoms with E-state index >= 15 is 0 Å². The number of benzene rings is 2. The fourth-order valence-electron chi connectivity index (χ4n) is 2.26. The van der Waals surface area contributed by atoms with Crippen LogP contribution in [0.5, 0.6) is 5.75 Å². The van der Waals surface area contributed by atoms with Crippen molar-refractivity contribution in [1.82, 2.24) is 0 Å². The first-order valence-corrected chi connectivity index (χ1v) is 10.5. The maximum Gasteiger partial charge on any atom is 0.326 e. The number of ether oxygens (including phenoxy) is 2. The lowest BCUT2D eigenvalue weighted by molar-refractivity contribution is -0.141. The van der Waals surface area contributed by atoms with Crippen molar-refractivity contribution >= 4 is 33.4 Å². The third-order valence-corrected chi connectivity index (χ3v) is 6.12. The smallest absolute Gasteiger partial charge is 0.326 e. The van der Waals surface area contributed by atoms with E-state index in [0.29, 0.717) is 11.4 Å². The number of carbonyl (C=O) groups excluding carboxylic acids is 1. The summed E-state index contributed by atoms with van der Waals surface area (Å²) in [5.74, 6) is -0.0285. The van der Waals surface area contributed by atoms with Crippen LogP contribution >= 0.6 is 11.8 Å². The molecule has 0 bridgehead atoms. The Morgan fingerprint density at radius 2 is 1.69 bits per heavy atom. The lowest BCUT2D eigenvalue weighted by atomic mass is 10.3. The van der Waals surface area contributed by atoms with Gasteiger partial charge in [-0.2, -0.15) is 0 Å². The van der Waals surface area contributed by atoms with Gasteiger partial charge in [0.15, 0.2) is 0 Å². The van der Waals surface area contributed by atoms with Crippen LogP contribution in [0, 0.1) is 0 Å². The Labute approximate surface area is 158 Å². The molecule has 0 amide bonds. The van der Waals surface area contributed by atoms with Crippen LogP contribution in [0.2, 0.25) is 0 Å². The van der Waals surface area contributed by atoms with E-state index in [4.69, 9.17) is 9.47 Å². The van der Waals surface area contributed by atoms with Crippen LogP contribution in [0.15, 0.2) is 58.3 Å². The monoisotopic (exact) mass is 395 g/mol. The Hall–Kier alpha value is -2.19. The van der Waals surface area contributed by atoms with Gasteiger partial charge in [-0.15, -0.1) is 11.8 Å². The minimum absolute atomic E-state index is 0.107. The Morgan fingerprint density at radius 3 is 2.19 bits per heavy atom. The summed E-state index contributed by atoms with van der Waals surface area (Å²) in [5, 5.41) is 0. The van der Waals surface area contributed by atoms with E-state index < -0.39 is 22.5 Å². The van der Waals surface area contributed by atoms with E-state index in [1.54, 1.807) is 43.3 Å². The zero-order chi connectivity index (χ0) is 19.2. The van der Waals surface area contributed by atoms with Crippen molar-refractivity contribution in [3.63, 3.8) is 0 Å². The van der Waals surface area contributed by atoms with Crippen molar-refractivity contribution in [3.05, 3.63) is 48.5 Å². The number of sulfonamides is 1. The fraction of sp³-hybridized carbons (Fsp3) is 0.278. The van der Waals surface area contributed by atoms with Gasteiger partial charge in [0.25, 0.3) is 10.0 Å². The third-order valence-electron chi connectivity index (χ3n) is 3.59. The van der Waals surface area contributed by atoms with Crippen molar-refractivity contribution in [3.8, 4) is 5.75 Å². The van der Waals surface area contributed by atoms with Crippen LogP contribution in [0.4, 0.5) is 5.69 Å². The van der Waals surface area contributed by atoms with Gasteiger partial charge in [0, 0.05) is 4.90 Å². The number of carbonyl (C=O) groups is 1. The van der Waals surface area contributed by atoms with Crippen LogP contribution in [0.25, 0.3) is 0 Å². The maximum atomic E-state index is 13.1. The van der Waals surface area contributed by atoms with Crippen LogP contribution in [-0.2, 0) is 19.6 Å². The first kappa shape index (κ1) is 20.1. The Bertz CT molecular complexity index is 833. The van der Waals surface area contributed by atoms with Crippen molar-refractivity contribution in [2.75, 3.05) is 30.8 Å². The van der Waals surface area contributed by atoms with E-state index in [0.717, 1.165) is 9.20 Å². The predicted octanol–water partition coefficient (Wildman–Crippen LogP) is 3.18. The zero-order valence-electron chi connectivity index (χ0n) is 14.8. The number of anilines is 1. The van der Waals surface area contributed by atoms with E-state index in [9.17, 15) is 13.2 Å². The largest absolute Gasteiger partial charge is 0.497 e. The number of thioether (sulfide) groups is 1. The van der Waals surface area contributed by atoms with Gasteiger partial charge in [0.1, 0.15) is 12.3 Å². The molecule has 0 aliphatic carbocycles. The minimum atomic E-state index is -3.93. The molecule has 0 aromatic heterocycles. The topological polar surface area (TPSA) is 72.9 Å². The quantitative estimate of drug-likeness (QED) is 0.505. The van der Waals surface area contributed by atoms with Gasteiger partial charge in [-0.05, 0) is 61.7 Å². The first-order valence-electron chi connectivity index (χ1n) is 7.88. The van der Waals surface area contributed by atoms with Gasteiger partial charge in [-0.3, -0.25) is 9.10 Å². The molecule has 0 atom stereocenters. The summed E-state index contributed by atoms with van der Waals surface area (Å²) in [4.78, 5) is 13.0. The molecule has 0 aliphatic heterocycles. The number of esters is 1. The SMILES string of the molecule is CCOC(=O)CN(c1ccc(OC)cc1)S(=O)(=O)c1ccc(SC)cc1. The van der Waals surface area contributed by atoms with Crippen molar-refractivity contribution in [1.29, 1.82) is 0 Å². The molecule has 2 rings (SSSR count). The minimum Gasteiger partial charge on any atom is -0.497 e. The molecular weight excluding hydrogens is 374 g/mol. The van der Waals surface area contributed by atoms with Gasteiger partial charge in [-0.25, -0.2) is 8.42 Å². The summed E-state index contributed by atoms with van der Waals surface area (Å²) in [5.41, 5.74) is 0.354. The molecular formula is C18H21NO5S2. The molecule has 2 aromatic carbocycles. The molecule has 0 fully saturated rings. The maximum absolute atomic E-state index is 13.1. The number of rotatable bonds is 8. The molecule has 0 unspecified atom stereocenters. The predicted molar refractivity (Wildman–Crippen MR) is 102 cm³/mol. The normalized spacial score (nSPS) is 11.0. The number of hydrogen-bond donors (Lipinski definition) is 0. The Kier molecular flexibility index (Phi) is 6.93. The molecule has 26 heavy (non-hydrogen) atoms. The van der Waals surface area contributed by atoms with E-state index in [-0.39, 0.29) is 11.5 Å². The molecule has 0 radical (unpaired) electrons. The van der Waals surface area contributed by atoms with E-state index in [1.165, 1.54) is 31.0 Å². The van der Waals surface area contributed by atoms with Crippen LogP contribution < -0.4 is 9.04 Å². The highest BCUT2D eigenvalue weighted by atomic mass is 32.2. The van der Waals surface area contributed by atoms with Crippen LogP contribution in [-0.4, -0.2) is 40.9 Å². The first-order chi connectivity index (χ1) is 12.4. The van der Waals surface area contributed by atoms with E-state index in [1.807, 2.05) is 6.26 Å². The summed E-state index contributed by atoms with van der Waals surface area (Å²) in [7, 11) is -2.41. The lowest BCUT2D eigenvalue weighted by Gasteiger charge is -2.24. The highest BCUT2D eigenvalue weighted by molar-refractivity contribution is 7.98. The number of hydrogen-bond acceptors (Lipinski definition) is 6. The molecule has 0 N–H and O–H groups in total. The Balaban J connectivity index is 2.44. The molecule has 8 heteroatoms. The van der Waals surface area contributed by atoms with Crippen molar-refractivity contribution in [2.24, 2.45) is 0 Å². The molecule has 2 aromatic rings. The lowest BCUT2D eigenvalue weighted by Crippen LogP contribution is -2.36. The highest BCUT2D eigenvalue weighted by Crippen LogP contribution is 2.27. The van der Waals surface area contributed by atoms with Gasteiger partial charge < -0.3 is 9.47 Å². The van der Waals surface area contributed by atoms with Crippen molar-refractivity contribution < 1.29 is 22.7 Å².